The maximum atomic E-state index is 11.6. The summed E-state index contributed by atoms with van der Waals surface area (Å²) in [5.74, 6) is -0.124. The molecule has 1 aromatic carbocycles. The van der Waals surface area contributed by atoms with Gasteiger partial charge in [-0.1, -0.05) is 17.7 Å². The van der Waals surface area contributed by atoms with Gasteiger partial charge in [0, 0.05) is 23.4 Å². The van der Waals surface area contributed by atoms with Gasteiger partial charge in [0.25, 0.3) is 0 Å². The van der Waals surface area contributed by atoms with Gasteiger partial charge in [0.15, 0.2) is 9.84 Å². The van der Waals surface area contributed by atoms with E-state index in [0.717, 1.165) is 6.26 Å². The molecule has 114 valence electrons. The standard InChI is InChI=1S/C11H17ClN2O4S2/c1-19(15,16)11-5-2-4-10(12)9(11)8-14-6-3-7-20(13,17)18/h2,4-5,14H,3,6-8H2,1H3,(H2,13,17,18). The van der Waals surface area contributed by atoms with E-state index in [4.69, 9.17) is 16.7 Å². The minimum Gasteiger partial charge on any atom is -0.313 e. The maximum Gasteiger partial charge on any atom is 0.209 e. The van der Waals surface area contributed by atoms with Crippen molar-refractivity contribution in [2.45, 2.75) is 17.9 Å². The lowest BCUT2D eigenvalue weighted by Gasteiger charge is -2.11. The van der Waals surface area contributed by atoms with Crippen molar-refractivity contribution in [1.29, 1.82) is 0 Å². The van der Waals surface area contributed by atoms with Gasteiger partial charge < -0.3 is 5.32 Å². The van der Waals surface area contributed by atoms with Gasteiger partial charge in [-0.3, -0.25) is 0 Å². The number of benzene rings is 1. The van der Waals surface area contributed by atoms with E-state index < -0.39 is 19.9 Å². The Bertz CT molecular complexity index is 672. The smallest absolute Gasteiger partial charge is 0.209 e. The van der Waals surface area contributed by atoms with Crippen LogP contribution >= 0.6 is 11.6 Å². The summed E-state index contributed by atoms with van der Waals surface area (Å²) in [6.07, 6.45) is 1.46. The van der Waals surface area contributed by atoms with Crippen LogP contribution in [0, 0.1) is 0 Å². The summed E-state index contributed by atoms with van der Waals surface area (Å²) in [4.78, 5) is 0.170. The molecule has 0 radical (unpaired) electrons. The van der Waals surface area contributed by atoms with Crippen molar-refractivity contribution >= 4 is 31.5 Å². The van der Waals surface area contributed by atoms with Gasteiger partial charge in [-0.25, -0.2) is 22.0 Å². The van der Waals surface area contributed by atoms with Crippen molar-refractivity contribution in [1.82, 2.24) is 5.32 Å². The molecular formula is C11H17ClN2O4S2. The fourth-order valence-corrected chi connectivity index (χ4v) is 3.47. The van der Waals surface area contributed by atoms with Crippen molar-refractivity contribution in [2.24, 2.45) is 5.14 Å². The molecule has 0 amide bonds. The summed E-state index contributed by atoms with van der Waals surface area (Å²) >= 11 is 6.00. The number of rotatable bonds is 7. The molecule has 0 saturated carbocycles. The van der Waals surface area contributed by atoms with E-state index in [2.05, 4.69) is 5.32 Å². The van der Waals surface area contributed by atoms with Crippen molar-refractivity contribution < 1.29 is 16.8 Å². The highest BCUT2D eigenvalue weighted by atomic mass is 35.5. The molecule has 0 aliphatic carbocycles. The normalized spacial score (nSPS) is 12.6. The fraction of sp³-hybridized carbons (Fsp3) is 0.455. The lowest BCUT2D eigenvalue weighted by Crippen LogP contribution is -2.22. The second-order valence-electron chi connectivity index (χ2n) is 4.39. The molecule has 6 nitrogen and oxygen atoms in total. The van der Waals surface area contributed by atoms with Crippen LogP contribution in [0.4, 0.5) is 0 Å². The Labute approximate surface area is 124 Å². The summed E-state index contributed by atoms with van der Waals surface area (Å²) in [5, 5.41) is 8.19. The zero-order chi connectivity index (χ0) is 15.4. The first kappa shape index (κ1) is 17.4. The molecule has 1 aromatic rings. The van der Waals surface area contributed by atoms with E-state index >= 15 is 0 Å². The third-order valence-electron chi connectivity index (χ3n) is 2.56. The molecule has 3 N–H and O–H groups in total. The molecule has 9 heteroatoms. The van der Waals surface area contributed by atoms with Crippen LogP contribution in [0.2, 0.25) is 5.02 Å². The molecular weight excluding hydrogens is 324 g/mol. The minimum absolute atomic E-state index is 0.124. The predicted molar refractivity (Wildman–Crippen MR) is 78.9 cm³/mol. The Morgan fingerprint density at radius 1 is 1.25 bits per heavy atom. The summed E-state index contributed by atoms with van der Waals surface area (Å²) < 4.78 is 44.8. The second-order valence-corrected chi connectivity index (χ2v) is 8.51. The lowest BCUT2D eigenvalue weighted by atomic mass is 10.2. The van der Waals surface area contributed by atoms with Crippen LogP contribution in [0.3, 0.4) is 0 Å². The van der Waals surface area contributed by atoms with E-state index in [9.17, 15) is 16.8 Å². The highest BCUT2D eigenvalue weighted by Gasteiger charge is 2.15. The summed E-state index contributed by atoms with van der Waals surface area (Å²) in [5.41, 5.74) is 0.479. The Morgan fingerprint density at radius 3 is 2.45 bits per heavy atom. The van der Waals surface area contributed by atoms with Crippen LogP contribution in [0.25, 0.3) is 0 Å². The topological polar surface area (TPSA) is 106 Å². The van der Waals surface area contributed by atoms with Crippen LogP contribution in [-0.4, -0.2) is 35.4 Å². The van der Waals surface area contributed by atoms with Gasteiger partial charge >= 0.3 is 0 Å². The van der Waals surface area contributed by atoms with Gasteiger partial charge in [-0.15, -0.1) is 0 Å². The van der Waals surface area contributed by atoms with Gasteiger partial charge in [0.2, 0.25) is 10.0 Å². The van der Waals surface area contributed by atoms with Crippen LogP contribution < -0.4 is 10.5 Å². The lowest BCUT2D eigenvalue weighted by molar-refractivity contribution is 0.589. The zero-order valence-electron chi connectivity index (χ0n) is 11.0. The highest BCUT2D eigenvalue weighted by molar-refractivity contribution is 7.90. The van der Waals surface area contributed by atoms with Crippen LogP contribution in [-0.2, 0) is 26.4 Å². The fourth-order valence-electron chi connectivity index (χ4n) is 1.67. The van der Waals surface area contributed by atoms with Gasteiger partial charge in [0.1, 0.15) is 0 Å². The summed E-state index contributed by atoms with van der Waals surface area (Å²) in [7, 11) is -6.83. The number of sulfone groups is 1. The first-order valence-electron chi connectivity index (χ1n) is 5.80. The van der Waals surface area contributed by atoms with Crippen LogP contribution in [0.1, 0.15) is 12.0 Å². The zero-order valence-corrected chi connectivity index (χ0v) is 13.4. The van der Waals surface area contributed by atoms with Gasteiger partial charge in [0.05, 0.1) is 10.6 Å². The first-order chi connectivity index (χ1) is 9.11. The molecule has 0 aliphatic rings. The number of sulfonamides is 1. The number of halogens is 1. The number of primary sulfonamides is 1. The van der Waals surface area contributed by atoms with Crippen molar-refractivity contribution in [3.63, 3.8) is 0 Å². The Kier molecular flexibility index (Phi) is 5.96. The largest absolute Gasteiger partial charge is 0.313 e. The molecule has 0 aromatic heterocycles. The second kappa shape index (κ2) is 6.86. The molecule has 0 aliphatic heterocycles. The Balaban J connectivity index is 2.69. The van der Waals surface area contributed by atoms with E-state index in [-0.39, 0.29) is 17.2 Å². The summed E-state index contributed by atoms with van der Waals surface area (Å²) in [6, 6.07) is 4.67. The Morgan fingerprint density at radius 2 is 1.90 bits per heavy atom. The van der Waals surface area contributed by atoms with E-state index in [1.54, 1.807) is 12.1 Å². The quantitative estimate of drug-likeness (QED) is 0.703. The third kappa shape index (κ3) is 5.76. The maximum absolute atomic E-state index is 11.6. The number of hydrogen-bond donors (Lipinski definition) is 2. The number of nitrogens with one attached hydrogen (secondary N) is 1. The average molecular weight is 341 g/mol. The minimum atomic E-state index is -3.47. The predicted octanol–water partition coefficient (Wildman–Crippen LogP) is 0.512. The Hall–Kier alpha value is -0.670. The molecule has 0 spiro atoms. The van der Waals surface area contributed by atoms with Crippen LogP contribution in [0.5, 0.6) is 0 Å². The molecule has 0 unspecified atom stereocenters. The van der Waals surface area contributed by atoms with Crippen molar-refractivity contribution in [3.8, 4) is 0 Å². The monoisotopic (exact) mass is 340 g/mol. The average Bonchev–Trinajstić information content (AvgIpc) is 2.27. The van der Waals surface area contributed by atoms with Gasteiger partial charge in [-0.05, 0) is 25.1 Å². The van der Waals surface area contributed by atoms with Crippen molar-refractivity contribution in [3.05, 3.63) is 28.8 Å². The molecule has 0 atom stereocenters. The molecule has 0 heterocycles. The highest BCUT2D eigenvalue weighted by Crippen LogP contribution is 2.23. The number of nitrogens with two attached hydrogens (primary N) is 1. The van der Waals surface area contributed by atoms with E-state index in [0.29, 0.717) is 23.6 Å². The first-order valence-corrected chi connectivity index (χ1v) is 9.78. The van der Waals surface area contributed by atoms with E-state index in [1.165, 1.54) is 6.07 Å². The molecule has 0 bridgehead atoms. The molecule has 20 heavy (non-hydrogen) atoms. The van der Waals surface area contributed by atoms with Crippen molar-refractivity contribution in [2.75, 3.05) is 18.6 Å². The van der Waals surface area contributed by atoms with Gasteiger partial charge in [-0.2, -0.15) is 0 Å². The molecule has 0 saturated heterocycles. The van der Waals surface area contributed by atoms with Crippen LogP contribution in [0.15, 0.2) is 23.1 Å². The summed E-state index contributed by atoms with van der Waals surface area (Å²) in [6.45, 7) is 0.636. The number of hydrogen-bond acceptors (Lipinski definition) is 5. The molecule has 0 fully saturated rings. The SMILES string of the molecule is CS(=O)(=O)c1cccc(Cl)c1CNCCCS(N)(=O)=O. The third-order valence-corrected chi connectivity index (χ3v) is 4.95. The van der Waals surface area contributed by atoms with E-state index in [1.807, 2.05) is 0 Å². The molecule has 1 rings (SSSR count).